The summed E-state index contributed by atoms with van der Waals surface area (Å²) in [5, 5.41) is 8.48. The second-order valence-corrected chi connectivity index (χ2v) is 3.90. The van der Waals surface area contributed by atoms with Crippen molar-refractivity contribution in [2.75, 3.05) is 20.3 Å². The maximum Gasteiger partial charge on any atom is 0.325 e. The number of esters is 1. The molecular formula is C14H17N3O3. The molecule has 0 N–H and O–H groups in total. The normalized spacial score (nSPS) is 10.1. The highest BCUT2D eigenvalue weighted by molar-refractivity contribution is 5.75. The van der Waals surface area contributed by atoms with Crippen LogP contribution in [0.2, 0.25) is 0 Å². The van der Waals surface area contributed by atoms with E-state index in [0.29, 0.717) is 13.2 Å². The minimum Gasteiger partial charge on any atom is -0.497 e. The van der Waals surface area contributed by atoms with Gasteiger partial charge in [0.1, 0.15) is 18.6 Å². The average molecular weight is 277 g/mol. The van der Waals surface area contributed by atoms with Gasteiger partial charge in [-0.1, -0.05) is 12.1 Å². The molecule has 0 unspecified atom stereocenters. The predicted octanol–water partition coefficient (Wildman–Crippen LogP) is 1.57. The van der Waals surface area contributed by atoms with Gasteiger partial charge in [-0.25, -0.2) is 0 Å². The Bertz CT molecular complexity index is 491. The van der Waals surface area contributed by atoms with Crippen LogP contribution in [0.5, 0.6) is 5.75 Å². The van der Waals surface area contributed by atoms with Crippen LogP contribution >= 0.6 is 0 Å². The summed E-state index contributed by atoms with van der Waals surface area (Å²) < 4.78 is 9.96. The van der Waals surface area contributed by atoms with Gasteiger partial charge in [-0.3, -0.25) is 4.79 Å². The molecule has 1 rings (SSSR count). The first-order valence-electron chi connectivity index (χ1n) is 6.14. The van der Waals surface area contributed by atoms with E-state index in [1.165, 1.54) is 6.34 Å². The van der Waals surface area contributed by atoms with Crippen LogP contribution < -0.4 is 4.74 Å². The molecule has 20 heavy (non-hydrogen) atoms. The van der Waals surface area contributed by atoms with Crippen LogP contribution in [-0.4, -0.2) is 37.5 Å². The number of nitrogens with zero attached hydrogens (tertiary/aromatic N) is 3. The fourth-order valence-electron chi connectivity index (χ4n) is 1.58. The Labute approximate surface area is 118 Å². The second kappa shape index (κ2) is 8.53. The van der Waals surface area contributed by atoms with Crippen molar-refractivity contribution in [2.45, 2.75) is 13.5 Å². The molecule has 0 aliphatic heterocycles. The van der Waals surface area contributed by atoms with Gasteiger partial charge in [-0.05, 0) is 24.6 Å². The largest absolute Gasteiger partial charge is 0.497 e. The van der Waals surface area contributed by atoms with E-state index in [-0.39, 0.29) is 12.5 Å². The molecule has 0 radical (unpaired) electrons. The molecule has 6 nitrogen and oxygen atoms in total. The van der Waals surface area contributed by atoms with Gasteiger partial charge < -0.3 is 14.4 Å². The van der Waals surface area contributed by atoms with Gasteiger partial charge in [-0.2, -0.15) is 10.3 Å². The van der Waals surface area contributed by atoms with Crippen LogP contribution in [0, 0.1) is 11.5 Å². The molecule has 0 saturated carbocycles. The van der Waals surface area contributed by atoms with Gasteiger partial charge >= 0.3 is 5.97 Å². The zero-order valence-electron chi connectivity index (χ0n) is 11.6. The Morgan fingerprint density at radius 1 is 1.45 bits per heavy atom. The number of rotatable bonds is 7. The smallest absolute Gasteiger partial charge is 0.325 e. The van der Waals surface area contributed by atoms with Crippen molar-refractivity contribution >= 4 is 12.3 Å². The molecule has 106 valence electrons. The van der Waals surface area contributed by atoms with E-state index < -0.39 is 0 Å². The summed E-state index contributed by atoms with van der Waals surface area (Å²) in [5.41, 5.74) is 0.972. The highest BCUT2D eigenvalue weighted by atomic mass is 16.5. The van der Waals surface area contributed by atoms with Crippen molar-refractivity contribution in [1.29, 1.82) is 5.26 Å². The van der Waals surface area contributed by atoms with Crippen molar-refractivity contribution in [2.24, 2.45) is 4.99 Å². The van der Waals surface area contributed by atoms with Gasteiger partial charge in [-0.15, -0.1) is 0 Å². The molecule has 0 fully saturated rings. The maximum atomic E-state index is 11.5. The lowest BCUT2D eigenvalue weighted by atomic mass is 10.2. The third-order valence-electron chi connectivity index (χ3n) is 2.46. The first kappa shape index (κ1) is 15.5. The molecule has 0 atom stereocenters. The van der Waals surface area contributed by atoms with E-state index in [4.69, 9.17) is 14.7 Å². The minimum absolute atomic E-state index is 0.0467. The van der Waals surface area contributed by atoms with Gasteiger partial charge in [0.15, 0.2) is 0 Å². The standard InChI is InChI=1S/C14H17N3O3/c1-3-20-14(18)9-17(11-16-10-15)8-12-4-6-13(19-2)7-5-12/h4-7,11H,3,8-9H2,1-2H3/i10+2. The molecule has 0 aromatic heterocycles. The number of nitriles is 1. The first-order valence-corrected chi connectivity index (χ1v) is 6.14. The number of aliphatic imine (C=N–C) groups is 1. The van der Waals surface area contributed by atoms with Crippen molar-refractivity contribution < 1.29 is 14.3 Å². The first-order chi connectivity index (χ1) is 9.69. The van der Waals surface area contributed by atoms with Crippen LogP contribution in [0.1, 0.15) is 12.5 Å². The summed E-state index contributed by atoms with van der Waals surface area (Å²) in [7, 11) is 1.60. The highest BCUT2D eigenvalue weighted by Crippen LogP contribution is 2.12. The van der Waals surface area contributed by atoms with Gasteiger partial charge in [0, 0.05) is 6.54 Å². The molecule has 0 aliphatic rings. The lowest BCUT2D eigenvalue weighted by Crippen LogP contribution is -2.29. The molecule has 1 aromatic carbocycles. The van der Waals surface area contributed by atoms with Crippen LogP contribution in [0.4, 0.5) is 0 Å². The summed E-state index contributed by atoms with van der Waals surface area (Å²) in [6.45, 7) is 2.57. The Hall–Kier alpha value is -2.55. The Morgan fingerprint density at radius 3 is 2.70 bits per heavy atom. The predicted molar refractivity (Wildman–Crippen MR) is 74.1 cm³/mol. The topological polar surface area (TPSA) is 74.9 Å². The van der Waals surface area contributed by atoms with E-state index in [9.17, 15) is 4.79 Å². The molecule has 0 amide bonds. The number of hydrogen-bond acceptors (Lipinski definition) is 5. The van der Waals surface area contributed by atoms with E-state index in [0.717, 1.165) is 11.3 Å². The van der Waals surface area contributed by atoms with E-state index >= 15 is 0 Å². The zero-order valence-corrected chi connectivity index (χ0v) is 11.6. The molecule has 1 aromatic rings. The van der Waals surface area contributed by atoms with Crippen LogP contribution in [0.15, 0.2) is 29.3 Å². The highest BCUT2D eigenvalue weighted by Gasteiger charge is 2.09. The van der Waals surface area contributed by atoms with E-state index in [1.54, 1.807) is 25.1 Å². The molecule has 0 bridgehead atoms. The lowest BCUT2D eigenvalue weighted by Gasteiger charge is -2.18. The summed E-state index contributed by atoms with van der Waals surface area (Å²) in [6.07, 6.45) is 3.00. The fourth-order valence-corrected chi connectivity index (χ4v) is 1.58. The quantitative estimate of drug-likeness (QED) is 0.327. The Morgan fingerprint density at radius 2 is 2.15 bits per heavy atom. The van der Waals surface area contributed by atoms with Gasteiger partial charge in [0.25, 0.3) is 0 Å². The third kappa shape index (κ3) is 5.40. The monoisotopic (exact) mass is 277 g/mol. The van der Waals surface area contributed by atoms with Crippen molar-refractivity contribution in [1.82, 2.24) is 4.90 Å². The number of hydrogen-bond donors (Lipinski definition) is 0. The second-order valence-electron chi connectivity index (χ2n) is 3.90. The third-order valence-corrected chi connectivity index (χ3v) is 2.46. The zero-order chi connectivity index (χ0) is 14.8. The van der Waals surface area contributed by atoms with Gasteiger partial charge in [0.2, 0.25) is 6.19 Å². The van der Waals surface area contributed by atoms with Crippen LogP contribution in [0.3, 0.4) is 0 Å². The molecule has 0 spiro atoms. The summed E-state index contributed by atoms with van der Waals surface area (Å²) in [5.74, 6) is 0.404. The van der Waals surface area contributed by atoms with E-state index in [1.807, 2.05) is 24.3 Å². The maximum absolute atomic E-state index is 11.5. The summed E-state index contributed by atoms with van der Waals surface area (Å²) in [4.78, 5) is 16.6. The summed E-state index contributed by atoms with van der Waals surface area (Å²) in [6, 6.07) is 7.44. The lowest BCUT2D eigenvalue weighted by molar-refractivity contribution is -0.143. The van der Waals surface area contributed by atoms with Crippen LogP contribution in [-0.2, 0) is 16.1 Å². The molecule has 0 saturated heterocycles. The number of ether oxygens (including phenoxy) is 2. The molecule has 0 aliphatic carbocycles. The van der Waals surface area contributed by atoms with E-state index in [2.05, 4.69) is 4.99 Å². The number of carbonyl (C=O) groups excluding carboxylic acids is 1. The van der Waals surface area contributed by atoms with Gasteiger partial charge in [0.05, 0.1) is 13.7 Å². The molecule has 6 heteroatoms. The van der Waals surface area contributed by atoms with Crippen molar-refractivity contribution in [3.63, 3.8) is 0 Å². The number of benzene rings is 1. The SMILES string of the molecule is CCOC(=O)CN(C=N[14C]#N)Cc1ccc(OC)cc1. The summed E-state index contributed by atoms with van der Waals surface area (Å²) >= 11 is 0. The minimum atomic E-state index is -0.356. The molecule has 0 heterocycles. The molecular weight excluding hydrogens is 260 g/mol. The Kier molecular flexibility index (Phi) is 6.62. The number of carbonyl (C=O) groups is 1. The Balaban J connectivity index is 2.70. The van der Waals surface area contributed by atoms with Crippen LogP contribution in [0.25, 0.3) is 0 Å². The fraction of sp³-hybridized carbons (Fsp3) is 0.357. The average Bonchev–Trinajstić information content (AvgIpc) is 2.45. The van der Waals surface area contributed by atoms with Crippen molar-refractivity contribution in [3.05, 3.63) is 29.8 Å². The number of methoxy groups -OCH3 is 1. The van der Waals surface area contributed by atoms with Crippen molar-refractivity contribution in [3.8, 4) is 11.9 Å².